The molecule has 3 aromatic rings. The number of alkyl halides is 6. The van der Waals surface area contributed by atoms with Gasteiger partial charge in [0.15, 0.2) is 0 Å². The Bertz CT molecular complexity index is 1070. The van der Waals surface area contributed by atoms with Gasteiger partial charge in [-0.3, -0.25) is 0 Å². The van der Waals surface area contributed by atoms with Gasteiger partial charge in [-0.25, -0.2) is 0 Å². The van der Waals surface area contributed by atoms with Crippen molar-refractivity contribution in [2.24, 2.45) is 0 Å². The second-order valence-electron chi connectivity index (χ2n) is 6.89. The SMILES string of the molecule is COc1ccc(/C(Oc2ccccc2)=C(\C)c2cc(C(F)(F)F)cc(C(F)(F)F)c2)cc1. The van der Waals surface area contributed by atoms with E-state index in [1.165, 1.54) is 14.0 Å². The molecular formula is C24H18F6O2. The summed E-state index contributed by atoms with van der Waals surface area (Å²) in [7, 11) is 1.47. The number of halogens is 6. The van der Waals surface area contributed by atoms with E-state index in [1.54, 1.807) is 54.6 Å². The minimum absolute atomic E-state index is 0.0991. The lowest BCUT2D eigenvalue weighted by molar-refractivity contribution is -0.143. The van der Waals surface area contributed by atoms with Crippen molar-refractivity contribution in [3.05, 3.63) is 95.1 Å². The summed E-state index contributed by atoms with van der Waals surface area (Å²) >= 11 is 0. The zero-order valence-corrected chi connectivity index (χ0v) is 17.0. The molecule has 168 valence electrons. The van der Waals surface area contributed by atoms with E-state index in [2.05, 4.69) is 0 Å². The maximum absolute atomic E-state index is 13.3. The second kappa shape index (κ2) is 8.98. The van der Waals surface area contributed by atoms with Crippen molar-refractivity contribution < 1.29 is 35.8 Å². The van der Waals surface area contributed by atoms with Crippen molar-refractivity contribution >= 4 is 11.3 Å². The molecule has 3 rings (SSSR count). The van der Waals surface area contributed by atoms with Gasteiger partial charge in [0.25, 0.3) is 0 Å². The van der Waals surface area contributed by atoms with E-state index >= 15 is 0 Å². The number of benzene rings is 3. The molecule has 0 aliphatic heterocycles. The predicted molar refractivity (Wildman–Crippen MR) is 109 cm³/mol. The highest BCUT2D eigenvalue weighted by atomic mass is 19.4. The van der Waals surface area contributed by atoms with Gasteiger partial charge in [0.05, 0.1) is 18.2 Å². The van der Waals surface area contributed by atoms with Crippen LogP contribution in [-0.2, 0) is 12.4 Å². The molecule has 0 amide bonds. The van der Waals surface area contributed by atoms with E-state index in [0.29, 0.717) is 29.2 Å². The summed E-state index contributed by atoms with van der Waals surface area (Å²) in [4.78, 5) is 0. The molecule has 2 nitrogen and oxygen atoms in total. The van der Waals surface area contributed by atoms with E-state index in [-0.39, 0.29) is 23.0 Å². The number of ether oxygens (including phenoxy) is 2. The second-order valence-corrected chi connectivity index (χ2v) is 6.89. The molecule has 0 N–H and O–H groups in total. The first-order chi connectivity index (χ1) is 15.0. The Balaban J connectivity index is 2.22. The molecule has 0 aliphatic carbocycles. The average Bonchev–Trinajstić information content (AvgIpc) is 2.76. The molecule has 3 aromatic carbocycles. The largest absolute Gasteiger partial charge is 0.497 e. The molecule has 0 unspecified atom stereocenters. The summed E-state index contributed by atoms with van der Waals surface area (Å²) < 4.78 is 91.0. The van der Waals surface area contributed by atoms with E-state index in [1.807, 2.05) is 0 Å². The van der Waals surface area contributed by atoms with Crippen molar-refractivity contribution in [1.82, 2.24) is 0 Å². The Hall–Kier alpha value is -3.42. The van der Waals surface area contributed by atoms with Crippen LogP contribution in [0, 0.1) is 0 Å². The molecule has 0 atom stereocenters. The van der Waals surface area contributed by atoms with E-state index in [9.17, 15) is 26.3 Å². The number of rotatable bonds is 5. The van der Waals surface area contributed by atoms with Crippen LogP contribution < -0.4 is 9.47 Å². The predicted octanol–water partition coefficient (Wildman–Crippen LogP) is 7.70. The number of hydrogen-bond donors (Lipinski definition) is 0. The molecule has 0 heterocycles. The fourth-order valence-corrected chi connectivity index (χ4v) is 3.00. The highest BCUT2D eigenvalue weighted by Gasteiger charge is 2.37. The molecule has 32 heavy (non-hydrogen) atoms. The summed E-state index contributed by atoms with van der Waals surface area (Å²) in [6, 6.07) is 16.3. The highest BCUT2D eigenvalue weighted by Crippen LogP contribution is 2.39. The van der Waals surface area contributed by atoms with Crippen molar-refractivity contribution in [2.75, 3.05) is 7.11 Å². The van der Waals surface area contributed by atoms with Crippen LogP contribution in [-0.4, -0.2) is 7.11 Å². The molecule has 0 aromatic heterocycles. The number of allylic oxidation sites excluding steroid dienone is 1. The molecule has 0 fully saturated rings. The normalized spacial score (nSPS) is 12.9. The zero-order valence-electron chi connectivity index (χ0n) is 17.0. The Morgan fingerprint density at radius 1 is 0.656 bits per heavy atom. The lowest BCUT2D eigenvalue weighted by Gasteiger charge is -2.18. The minimum atomic E-state index is -4.95. The zero-order chi connectivity index (χ0) is 23.5. The van der Waals surface area contributed by atoms with Gasteiger partial charge in [-0.15, -0.1) is 0 Å². The highest BCUT2D eigenvalue weighted by molar-refractivity contribution is 5.88. The minimum Gasteiger partial charge on any atom is -0.497 e. The quantitative estimate of drug-likeness (QED) is 0.224. The number of hydrogen-bond acceptors (Lipinski definition) is 2. The van der Waals surface area contributed by atoms with Gasteiger partial charge >= 0.3 is 12.4 Å². The smallest absolute Gasteiger partial charge is 0.416 e. The monoisotopic (exact) mass is 452 g/mol. The Morgan fingerprint density at radius 3 is 1.66 bits per heavy atom. The molecule has 0 saturated carbocycles. The third-order valence-electron chi connectivity index (χ3n) is 4.68. The Labute approximate surface area is 180 Å². The average molecular weight is 452 g/mol. The third kappa shape index (κ3) is 5.43. The lowest BCUT2D eigenvalue weighted by Crippen LogP contribution is -2.12. The third-order valence-corrected chi connectivity index (χ3v) is 4.68. The van der Waals surface area contributed by atoms with E-state index in [0.717, 1.165) is 0 Å². The van der Waals surface area contributed by atoms with Crippen molar-refractivity contribution in [3.8, 4) is 11.5 Å². The van der Waals surface area contributed by atoms with Crippen molar-refractivity contribution in [3.63, 3.8) is 0 Å². The summed E-state index contributed by atoms with van der Waals surface area (Å²) in [6.07, 6.45) is -9.90. The molecular weight excluding hydrogens is 434 g/mol. The fourth-order valence-electron chi connectivity index (χ4n) is 3.00. The van der Waals surface area contributed by atoms with E-state index in [4.69, 9.17) is 9.47 Å². The first-order valence-electron chi connectivity index (χ1n) is 9.37. The van der Waals surface area contributed by atoms with Crippen molar-refractivity contribution in [2.45, 2.75) is 19.3 Å². The van der Waals surface area contributed by atoms with Gasteiger partial charge < -0.3 is 9.47 Å². The van der Waals surface area contributed by atoms with Crippen molar-refractivity contribution in [1.29, 1.82) is 0 Å². The molecule has 0 bridgehead atoms. The summed E-state index contributed by atoms with van der Waals surface area (Å²) in [5.41, 5.74) is -2.48. The first kappa shape index (κ1) is 23.2. The Kier molecular flexibility index (Phi) is 6.52. The maximum atomic E-state index is 13.3. The lowest BCUT2D eigenvalue weighted by atomic mass is 9.97. The summed E-state index contributed by atoms with van der Waals surface area (Å²) in [6.45, 7) is 1.41. The van der Waals surface area contributed by atoms with Gasteiger partial charge in [0.2, 0.25) is 0 Å². The van der Waals surface area contributed by atoms with E-state index < -0.39 is 23.5 Å². The van der Waals surface area contributed by atoms with Gasteiger partial charge in [0.1, 0.15) is 17.3 Å². The van der Waals surface area contributed by atoms with Gasteiger partial charge in [-0.1, -0.05) is 18.2 Å². The van der Waals surface area contributed by atoms with Crippen LogP contribution in [0.15, 0.2) is 72.8 Å². The molecule has 0 aliphatic rings. The van der Waals surface area contributed by atoms with Crippen LogP contribution >= 0.6 is 0 Å². The molecule has 0 radical (unpaired) electrons. The maximum Gasteiger partial charge on any atom is 0.416 e. The van der Waals surface area contributed by atoms with Crippen LogP contribution in [0.3, 0.4) is 0 Å². The van der Waals surface area contributed by atoms with Crippen LogP contribution in [0.25, 0.3) is 11.3 Å². The standard InChI is InChI=1S/C24H18F6O2/c1-15(17-12-18(23(25,26)27)14-19(13-17)24(28,29)30)22(32-21-6-4-3-5-7-21)16-8-10-20(31-2)11-9-16/h3-14H,1-2H3/b22-15-. The molecule has 0 spiro atoms. The molecule has 0 saturated heterocycles. The van der Waals surface area contributed by atoms with Gasteiger partial charge in [-0.2, -0.15) is 26.3 Å². The van der Waals surface area contributed by atoms with Crippen LogP contribution in [0.4, 0.5) is 26.3 Å². The number of methoxy groups -OCH3 is 1. The van der Waals surface area contributed by atoms with Crippen LogP contribution in [0.2, 0.25) is 0 Å². The van der Waals surface area contributed by atoms with Crippen LogP contribution in [0.1, 0.15) is 29.2 Å². The fraction of sp³-hybridized carbons (Fsp3) is 0.167. The summed E-state index contributed by atoms with van der Waals surface area (Å²) in [5.74, 6) is 1.02. The first-order valence-corrected chi connectivity index (χ1v) is 9.37. The Morgan fingerprint density at radius 2 is 1.19 bits per heavy atom. The van der Waals surface area contributed by atoms with Crippen LogP contribution in [0.5, 0.6) is 11.5 Å². The summed E-state index contributed by atoms with van der Waals surface area (Å²) in [5, 5.41) is 0. The molecule has 8 heteroatoms. The number of para-hydroxylation sites is 1. The topological polar surface area (TPSA) is 18.5 Å². The van der Waals surface area contributed by atoms with Gasteiger partial charge in [-0.05, 0) is 72.7 Å². The van der Waals surface area contributed by atoms with Gasteiger partial charge in [0, 0.05) is 5.56 Å².